The van der Waals surface area contributed by atoms with Crippen LogP contribution in [0.1, 0.15) is 42.4 Å². The third kappa shape index (κ3) is 4.86. The fourth-order valence-corrected chi connectivity index (χ4v) is 6.46. The van der Waals surface area contributed by atoms with Gasteiger partial charge in [0.05, 0.1) is 23.5 Å². The molecule has 5 nitrogen and oxygen atoms in total. The fraction of sp³-hybridized carbons (Fsp3) is 0.321. The molecule has 1 aliphatic rings. The summed E-state index contributed by atoms with van der Waals surface area (Å²) in [6.45, 7) is 2.25. The van der Waals surface area contributed by atoms with Crippen LogP contribution in [0.2, 0.25) is 0 Å². The third-order valence-electron chi connectivity index (χ3n) is 6.86. The minimum atomic E-state index is -3.70. The smallest absolute Gasteiger partial charge is 0.243 e. The number of methoxy groups -OCH3 is 1. The molecule has 1 fully saturated rings. The molecule has 0 unspecified atom stereocenters. The highest BCUT2D eigenvalue weighted by Gasteiger charge is 2.41. The second-order valence-corrected chi connectivity index (χ2v) is 10.9. The number of nitriles is 1. The standard InChI is InChI=1S/C28H30N2O3S/c1-22-11-13-27(14-12-22)34(31,32)30(20-23-7-4-3-5-8-23)25-15-17-28(21-29,18-16-25)24-9-6-10-26(19-24)33-2/h3-14,19,25H,15-18,20H2,1-2H3/t25-,28+. The highest BCUT2D eigenvalue weighted by atomic mass is 32.2. The molecule has 176 valence electrons. The Balaban J connectivity index is 1.64. The Hall–Kier alpha value is -3.14. The van der Waals surface area contributed by atoms with E-state index in [1.165, 1.54) is 0 Å². The normalized spacial score (nSPS) is 20.6. The van der Waals surface area contributed by atoms with E-state index in [-0.39, 0.29) is 6.04 Å². The largest absolute Gasteiger partial charge is 0.497 e. The van der Waals surface area contributed by atoms with Gasteiger partial charge in [0.2, 0.25) is 10.0 Å². The number of benzene rings is 3. The van der Waals surface area contributed by atoms with Crippen LogP contribution in [0.25, 0.3) is 0 Å². The Bertz CT molecular complexity index is 1260. The average Bonchev–Trinajstić information content (AvgIpc) is 2.88. The maximum absolute atomic E-state index is 13.8. The molecule has 3 aromatic carbocycles. The van der Waals surface area contributed by atoms with Crippen molar-refractivity contribution in [3.63, 3.8) is 0 Å². The topological polar surface area (TPSA) is 70.4 Å². The second kappa shape index (κ2) is 10.0. The lowest BCUT2D eigenvalue weighted by Crippen LogP contribution is -2.44. The van der Waals surface area contributed by atoms with Gasteiger partial charge in [-0.1, -0.05) is 60.2 Å². The van der Waals surface area contributed by atoms with Crippen molar-refractivity contribution in [2.24, 2.45) is 0 Å². The van der Waals surface area contributed by atoms with Gasteiger partial charge in [0.1, 0.15) is 5.75 Å². The average molecular weight is 475 g/mol. The summed E-state index contributed by atoms with van der Waals surface area (Å²) >= 11 is 0. The lowest BCUT2D eigenvalue weighted by Gasteiger charge is -2.40. The van der Waals surface area contributed by atoms with Crippen molar-refractivity contribution in [1.82, 2.24) is 4.31 Å². The van der Waals surface area contributed by atoms with Gasteiger partial charge < -0.3 is 4.74 Å². The van der Waals surface area contributed by atoms with Crippen LogP contribution in [0, 0.1) is 18.3 Å². The number of hydrogen-bond donors (Lipinski definition) is 0. The van der Waals surface area contributed by atoms with E-state index in [4.69, 9.17) is 4.74 Å². The molecular weight excluding hydrogens is 444 g/mol. The van der Waals surface area contributed by atoms with E-state index in [0.29, 0.717) is 37.1 Å². The summed E-state index contributed by atoms with van der Waals surface area (Å²) in [7, 11) is -2.09. The molecule has 0 atom stereocenters. The van der Waals surface area contributed by atoms with Crippen LogP contribution in [0.3, 0.4) is 0 Å². The summed E-state index contributed by atoms with van der Waals surface area (Å²) in [6.07, 6.45) is 2.41. The molecular formula is C28H30N2O3S. The van der Waals surface area contributed by atoms with Crippen LogP contribution < -0.4 is 4.74 Å². The summed E-state index contributed by atoms with van der Waals surface area (Å²) in [5.41, 5.74) is 2.26. The van der Waals surface area contributed by atoms with Crippen molar-refractivity contribution in [3.05, 3.63) is 95.6 Å². The van der Waals surface area contributed by atoms with E-state index in [1.807, 2.05) is 73.7 Å². The van der Waals surface area contributed by atoms with Crippen molar-refractivity contribution < 1.29 is 13.2 Å². The molecule has 0 saturated heterocycles. The maximum atomic E-state index is 13.8. The minimum absolute atomic E-state index is 0.182. The monoisotopic (exact) mass is 474 g/mol. The van der Waals surface area contributed by atoms with Gasteiger partial charge in [-0.2, -0.15) is 9.57 Å². The van der Waals surface area contributed by atoms with E-state index in [9.17, 15) is 13.7 Å². The molecule has 0 aliphatic heterocycles. The van der Waals surface area contributed by atoms with E-state index >= 15 is 0 Å². The molecule has 0 spiro atoms. The molecule has 0 N–H and O–H groups in total. The van der Waals surface area contributed by atoms with Gasteiger partial charge in [0.25, 0.3) is 0 Å². The lowest BCUT2D eigenvalue weighted by atomic mass is 9.69. The van der Waals surface area contributed by atoms with E-state index in [2.05, 4.69) is 6.07 Å². The van der Waals surface area contributed by atoms with Crippen molar-refractivity contribution in [1.29, 1.82) is 5.26 Å². The highest BCUT2D eigenvalue weighted by molar-refractivity contribution is 7.89. The number of nitrogens with zero attached hydrogens (tertiary/aromatic N) is 2. The zero-order valence-corrected chi connectivity index (χ0v) is 20.5. The first-order chi connectivity index (χ1) is 16.4. The summed E-state index contributed by atoms with van der Waals surface area (Å²) in [5.74, 6) is 0.724. The van der Waals surface area contributed by atoms with E-state index < -0.39 is 15.4 Å². The third-order valence-corrected chi connectivity index (χ3v) is 8.77. The highest BCUT2D eigenvalue weighted by Crippen LogP contribution is 2.42. The summed E-state index contributed by atoms with van der Waals surface area (Å²) in [6, 6.07) is 26.8. The Morgan fingerprint density at radius 1 is 1.00 bits per heavy atom. The molecule has 1 saturated carbocycles. The van der Waals surface area contributed by atoms with Crippen molar-refractivity contribution in [3.8, 4) is 11.8 Å². The van der Waals surface area contributed by atoms with Gasteiger partial charge in [-0.3, -0.25) is 0 Å². The molecule has 0 heterocycles. The Morgan fingerprint density at radius 3 is 2.29 bits per heavy atom. The van der Waals surface area contributed by atoms with Crippen LogP contribution in [0.5, 0.6) is 5.75 Å². The van der Waals surface area contributed by atoms with Gasteiger partial charge in [0.15, 0.2) is 0 Å². The maximum Gasteiger partial charge on any atom is 0.243 e. The molecule has 0 radical (unpaired) electrons. The van der Waals surface area contributed by atoms with Crippen molar-refractivity contribution >= 4 is 10.0 Å². The number of rotatable bonds is 7. The minimum Gasteiger partial charge on any atom is -0.497 e. The first-order valence-corrected chi connectivity index (χ1v) is 13.0. The fourth-order valence-electron chi connectivity index (χ4n) is 4.79. The summed E-state index contributed by atoms with van der Waals surface area (Å²) in [4.78, 5) is 0.305. The van der Waals surface area contributed by atoms with Crippen LogP contribution >= 0.6 is 0 Å². The SMILES string of the molecule is COc1cccc([C@]2(C#N)CC[C@H](N(Cc3ccccc3)S(=O)(=O)c3ccc(C)cc3)CC2)c1. The Labute approximate surface area is 202 Å². The van der Waals surface area contributed by atoms with Gasteiger partial charge in [-0.15, -0.1) is 0 Å². The van der Waals surface area contributed by atoms with Gasteiger partial charge in [-0.25, -0.2) is 8.42 Å². The first-order valence-electron chi connectivity index (χ1n) is 11.6. The number of aryl methyl sites for hydroxylation is 1. The van der Waals surface area contributed by atoms with E-state index in [0.717, 1.165) is 22.4 Å². The molecule has 0 aromatic heterocycles. The van der Waals surface area contributed by atoms with Gasteiger partial charge in [-0.05, 0) is 68.0 Å². The Morgan fingerprint density at radius 2 is 1.68 bits per heavy atom. The molecule has 0 amide bonds. The zero-order chi connectivity index (χ0) is 24.2. The van der Waals surface area contributed by atoms with Crippen molar-refractivity contribution in [2.75, 3.05) is 7.11 Å². The molecule has 1 aliphatic carbocycles. The molecule has 34 heavy (non-hydrogen) atoms. The predicted octanol–water partition coefficient (Wildman–Crippen LogP) is 5.60. The van der Waals surface area contributed by atoms with Gasteiger partial charge >= 0.3 is 0 Å². The van der Waals surface area contributed by atoms with E-state index in [1.54, 1.807) is 23.5 Å². The molecule has 4 rings (SSSR count). The van der Waals surface area contributed by atoms with Crippen LogP contribution in [-0.2, 0) is 22.0 Å². The van der Waals surface area contributed by atoms with Crippen LogP contribution in [0.15, 0.2) is 83.8 Å². The van der Waals surface area contributed by atoms with Crippen LogP contribution in [0.4, 0.5) is 0 Å². The predicted molar refractivity (Wildman–Crippen MR) is 133 cm³/mol. The molecule has 6 heteroatoms. The Kier molecular flexibility index (Phi) is 7.06. The molecule has 3 aromatic rings. The first kappa shape index (κ1) is 24.0. The van der Waals surface area contributed by atoms with Gasteiger partial charge in [0, 0.05) is 12.6 Å². The second-order valence-electron chi connectivity index (χ2n) is 9.01. The molecule has 0 bridgehead atoms. The summed E-state index contributed by atoms with van der Waals surface area (Å²) in [5, 5.41) is 10.2. The van der Waals surface area contributed by atoms with Crippen molar-refractivity contribution in [2.45, 2.75) is 55.5 Å². The number of hydrogen-bond acceptors (Lipinski definition) is 4. The lowest BCUT2D eigenvalue weighted by molar-refractivity contribution is 0.211. The quantitative estimate of drug-likeness (QED) is 0.447. The van der Waals surface area contributed by atoms with Crippen LogP contribution in [-0.4, -0.2) is 25.9 Å². The summed E-state index contributed by atoms with van der Waals surface area (Å²) < 4.78 is 34.6. The number of ether oxygens (including phenoxy) is 1. The number of sulfonamides is 1. The zero-order valence-electron chi connectivity index (χ0n) is 19.6.